The van der Waals surface area contributed by atoms with Gasteiger partial charge in [-0.3, -0.25) is 4.79 Å². The normalized spacial score (nSPS) is 20.0. The molecule has 3 heteroatoms. The minimum Gasteiger partial charge on any atom is -0.336 e. The Bertz CT molecular complexity index is 468. The van der Waals surface area contributed by atoms with Crippen LogP contribution in [-0.2, 0) is 0 Å². The smallest absolute Gasteiger partial charge is 0.254 e. The summed E-state index contributed by atoms with van der Waals surface area (Å²) in [5, 5.41) is 3.36. The topological polar surface area (TPSA) is 32.3 Å². The van der Waals surface area contributed by atoms with E-state index < -0.39 is 0 Å². The molecule has 1 aromatic rings. The van der Waals surface area contributed by atoms with E-state index in [0.29, 0.717) is 6.04 Å². The number of rotatable bonds is 1. The number of hydrogen-bond donors (Lipinski definition) is 1. The SMILES string of the molecule is Cc1cc(C)c(C(=O)N2CCNC(C)C2)cc1C. The molecule has 1 amide bonds. The van der Waals surface area contributed by atoms with E-state index in [4.69, 9.17) is 0 Å². The molecule has 1 unspecified atom stereocenters. The molecule has 1 heterocycles. The summed E-state index contributed by atoms with van der Waals surface area (Å²) in [6.07, 6.45) is 0. The highest BCUT2D eigenvalue weighted by Gasteiger charge is 2.22. The first-order valence-electron chi connectivity index (χ1n) is 6.59. The van der Waals surface area contributed by atoms with Crippen LogP contribution in [0.3, 0.4) is 0 Å². The summed E-state index contributed by atoms with van der Waals surface area (Å²) in [6, 6.07) is 4.52. The Labute approximate surface area is 109 Å². The Morgan fingerprint density at radius 1 is 1.22 bits per heavy atom. The van der Waals surface area contributed by atoms with E-state index in [1.165, 1.54) is 11.1 Å². The Kier molecular flexibility index (Phi) is 3.71. The van der Waals surface area contributed by atoms with Crippen LogP contribution in [0.5, 0.6) is 0 Å². The fraction of sp³-hybridized carbons (Fsp3) is 0.533. The lowest BCUT2D eigenvalue weighted by atomic mass is 9.99. The first-order chi connectivity index (χ1) is 8.49. The molecule has 0 radical (unpaired) electrons. The first kappa shape index (κ1) is 13.1. The summed E-state index contributed by atoms with van der Waals surface area (Å²) in [7, 11) is 0. The molecule has 1 saturated heterocycles. The van der Waals surface area contributed by atoms with Gasteiger partial charge in [0.25, 0.3) is 5.91 Å². The van der Waals surface area contributed by atoms with Crippen LogP contribution < -0.4 is 5.32 Å². The van der Waals surface area contributed by atoms with E-state index >= 15 is 0 Å². The number of aryl methyl sites for hydroxylation is 3. The molecule has 1 N–H and O–H groups in total. The maximum Gasteiger partial charge on any atom is 0.254 e. The second-order valence-electron chi connectivity index (χ2n) is 5.36. The van der Waals surface area contributed by atoms with Gasteiger partial charge < -0.3 is 10.2 Å². The van der Waals surface area contributed by atoms with Gasteiger partial charge in [0.2, 0.25) is 0 Å². The van der Waals surface area contributed by atoms with Crippen molar-refractivity contribution in [1.29, 1.82) is 0 Å². The van der Waals surface area contributed by atoms with Gasteiger partial charge in [-0.05, 0) is 50.5 Å². The highest BCUT2D eigenvalue weighted by Crippen LogP contribution is 2.17. The first-order valence-corrected chi connectivity index (χ1v) is 6.59. The van der Waals surface area contributed by atoms with E-state index in [2.05, 4.69) is 32.2 Å². The van der Waals surface area contributed by atoms with Gasteiger partial charge in [0, 0.05) is 31.2 Å². The van der Waals surface area contributed by atoms with Gasteiger partial charge in [0.1, 0.15) is 0 Å². The van der Waals surface area contributed by atoms with Crippen LogP contribution in [0, 0.1) is 20.8 Å². The van der Waals surface area contributed by atoms with E-state index in [-0.39, 0.29) is 5.91 Å². The molecular weight excluding hydrogens is 224 g/mol. The molecule has 98 valence electrons. The molecule has 1 aliphatic rings. The molecule has 0 spiro atoms. The average Bonchev–Trinajstić information content (AvgIpc) is 2.33. The van der Waals surface area contributed by atoms with Gasteiger partial charge in [0.15, 0.2) is 0 Å². The number of piperazine rings is 1. The van der Waals surface area contributed by atoms with E-state index in [1.54, 1.807) is 0 Å². The molecule has 0 bridgehead atoms. The largest absolute Gasteiger partial charge is 0.336 e. The molecule has 1 aliphatic heterocycles. The number of nitrogens with one attached hydrogen (secondary N) is 1. The third kappa shape index (κ3) is 2.56. The van der Waals surface area contributed by atoms with Crippen LogP contribution in [0.25, 0.3) is 0 Å². The van der Waals surface area contributed by atoms with Crippen LogP contribution in [0.15, 0.2) is 12.1 Å². The quantitative estimate of drug-likeness (QED) is 0.822. The van der Waals surface area contributed by atoms with Gasteiger partial charge in [-0.1, -0.05) is 6.07 Å². The van der Waals surface area contributed by atoms with Crippen LogP contribution in [0.1, 0.15) is 34.0 Å². The predicted molar refractivity (Wildman–Crippen MR) is 74.0 cm³/mol. The lowest BCUT2D eigenvalue weighted by Gasteiger charge is -2.32. The van der Waals surface area contributed by atoms with Crippen molar-refractivity contribution in [3.63, 3.8) is 0 Å². The number of amides is 1. The molecule has 0 saturated carbocycles. The second kappa shape index (κ2) is 5.11. The molecule has 1 atom stereocenters. The zero-order chi connectivity index (χ0) is 13.3. The molecule has 3 nitrogen and oxygen atoms in total. The minimum absolute atomic E-state index is 0.170. The van der Waals surface area contributed by atoms with Crippen molar-refractivity contribution in [2.75, 3.05) is 19.6 Å². The molecule has 1 aromatic carbocycles. The summed E-state index contributed by atoms with van der Waals surface area (Å²) >= 11 is 0. The average molecular weight is 246 g/mol. The molecular formula is C15H22N2O. The third-order valence-electron chi connectivity index (χ3n) is 3.73. The summed E-state index contributed by atoms with van der Waals surface area (Å²) in [6.45, 7) is 10.8. The van der Waals surface area contributed by atoms with Gasteiger partial charge in [0.05, 0.1) is 0 Å². The maximum atomic E-state index is 12.5. The van der Waals surface area contributed by atoms with Crippen molar-refractivity contribution in [3.8, 4) is 0 Å². The van der Waals surface area contributed by atoms with Crippen LogP contribution >= 0.6 is 0 Å². The molecule has 0 aromatic heterocycles. The van der Waals surface area contributed by atoms with E-state index in [0.717, 1.165) is 30.8 Å². The standard InChI is InChI=1S/C15H22N2O/c1-10-7-12(3)14(8-11(10)2)15(18)17-6-5-16-13(4)9-17/h7-8,13,16H,5-6,9H2,1-4H3. The number of hydrogen-bond acceptors (Lipinski definition) is 2. The van der Waals surface area contributed by atoms with Crippen LogP contribution in [-0.4, -0.2) is 36.5 Å². The van der Waals surface area contributed by atoms with Crippen molar-refractivity contribution < 1.29 is 4.79 Å². The summed E-state index contributed by atoms with van der Waals surface area (Å²) in [5.41, 5.74) is 4.37. The fourth-order valence-corrected chi connectivity index (χ4v) is 2.48. The molecule has 18 heavy (non-hydrogen) atoms. The lowest BCUT2D eigenvalue weighted by Crippen LogP contribution is -2.51. The zero-order valence-corrected chi connectivity index (χ0v) is 11.7. The second-order valence-corrected chi connectivity index (χ2v) is 5.36. The highest BCUT2D eigenvalue weighted by molar-refractivity contribution is 5.96. The van der Waals surface area contributed by atoms with Crippen LogP contribution in [0.4, 0.5) is 0 Å². The van der Waals surface area contributed by atoms with Crippen molar-refractivity contribution in [2.45, 2.75) is 33.7 Å². The lowest BCUT2D eigenvalue weighted by molar-refractivity contribution is 0.0708. The number of carbonyl (C=O) groups excluding carboxylic acids is 1. The monoisotopic (exact) mass is 246 g/mol. The zero-order valence-electron chi connectivity index (χ0n) is 11.7. The Morgan fingerprint density at radius 2 is 1.89 bits per heavy atom. The van der Waals surface area contributed by atoms with Gasteiger partial charge >= 0.3 is 0 Å². The number of nitrogens with zero attached hydrogens (tertiary/aromatic N) is 1. The van der Waals surface area contributed by atoms with Crippen molar-refractivity contribution in [3.05, 3.63) is 34.4 Å². The molecule has 1 fully saturated rings. The summed E-state index contributed by atoms with van der Waals surface area (Å²) in [4.78, 5) is 14.5. The number of carbonyl (C=O) groups is 1. The number of benzene rings is 1. The van der Waals surface area contributed by atoms with Crippen molar-refractivity contribution in [2.24, 2.45) is 0 Å². The van der Waals surface area contributed by atoms with Gasteiger partial charge in [-0.25, -0.2) is 0 Å². The van der Waals surface area contributed by atoms with E-state index in [9.17, 15) is 4.79 Å². The van der Waals surface area contributed by atoms with E-state index in [1.807, 2.05) is 17.9 Å². The van der Waals surface area contributed by atoms with Gasteiger partial charge in [-0.2, -0.15) is 0 Å². The Morgan fingerprint density at radius 3 is 2.56 bits per heavy atom. The van der Waals surface area contributed by atoms with Crippen molar-refractivity contribution in [1.82, 2.24) is 10.2 Å². The molecule has 2 rings (SSSR count). The minimum atomic E-state index is 0.170. The van der Waals surface area contributed by atoms with Crippen molar-refractivity contribution >= 4 is 5.91 Å². The summed E-state index contributed by atoms with van der Waals surface area (Å²) in [5.74, 6) is 0.170. The Balaban J connectivity index is 2.25. The third-order valence-corrected chi connectivity index (χ3v) is 3.73. The maximum absolute atomic E-state index is 12.5. The molecule has 0 aliphatic carbocycles. The summed E-state index contributed by atoms with van der Waals surface area (Å²) < 4.78 is 0. The predicted octanol–water partition coefficient (Wildman–Crippen LogP) is 2.05. The Hall–Kier alpha value is -1.35. The van der Waals surface area contributed by atoms with Gasteiger partial charge in [-0.15, -0.1) is 0 Å². The fourth-order valence-electron chi connectivity index (χ4n) is 2.48. The van der Waals surface area contributed by atoms with Crippen LogP contribution in [0.2, 0.25) is 0 Å². The highest BCUT2D eigenvalue weighted by atomic mass is 16.2.